The predicted molar refractivity (Wildman–Crippen MR) is 69.0 cm³/mol. The van der Waals surface area contributed by atoms with Crippen LogP contribution in [-0.4, -0.2) is 17.5 Å². The van der Waals surface area contributed by atoms with Crippen molar-refractivity contribution in [3.05, 3.63) is 29.8 Å². The van der Waals surface area contributed by atoms with Crippen molar-refractivity contribution in [3.63, 3.8) is 0 Å². The molecule has 5 nitrogen and oxygen atoms in total. The van der Waals surface area contributed by atoms with E-state index in [9.17, 15) is 9.59 Å². The van der Waals surface area contributed by atoms with Crippen LogP contribution in [-0.2, 0) is 11.3 Å². The van der Waals surface area contributed by atoms with Crippen molar-refractivity contribution in [2.75, 3.05) is 4.90 Å². The van der Waals surface area contributed by atoms with E-state index in [4.69, 9.17) is 5.73 Å². The zero-order valence-corrected chi connectivity index (χ0v) is 10.6. The normalized spacial score (nSPS) is 18.7. The van der Waals surface area contributed by atoms with Crippen LogP contribution in [0.1, 0.15) is 25.8 Å². The molecule has 1 heterocycles. The molecule has 96 valence electrons. The zero-order chi connectivity index (χ0) is 13.3. The molecule has 1 aromatic carbocycles. The molecule has 5 heteroatoms. The fourth-order valence-corrected chi connectivity index (χ4v) is 2.00. The SMILES string of the molecule is CC1(C)CC(=O)N(c2ccc(CN)cc2)C(=O)N1. The lowest BCUT2D eigenvalue weighted by Gasteiger charge is -2.36. The first-order valence-electron chi connectivity index (χ1n) is 5.87. The van der Waals surface area contributed by atoms with E-state index in [1.54, 1.807) is 12.1 Å². The third-order valence-corrected chi connectivity index (χ3v) is 2.92. The number of amides is 3. The minimum atomic E-state index is -0.484. The first-order chi connectivity index (χ1) is 8.43. The average Bonchev–Trinajstić information content (AvgIpc) is 2.27. The van der Waals surface area contributed by atoms with Gasteiger partial charge in [0.05, 0.1) is 12.1 Å². The van der Waals surface area contributed by atoms with Crippen molar-refractivity contribution in [1.82, 2.24) is 5.32 Å². The Balaban J connectivity index is 2.27. The van der Waals surface area contributed by atoms with Crippen molar-refractivity contribution in [2.45, 2.75) is 32.4 Å². The number of nitrogens with zero attached hydrogens (tertiary/aromatic N) is 1. The summed E-state index contributed by atoms with van der Waals surface area (Å²) in [4.78, 5) is 25.1. The van der Waals surface area contributed by atoms with Crippen molar-refractivity contribution in [2.24, 2.45) is 5.73 Å². The van der Waals surface area contributed by atoms with Crippen molar-refractivity contribution in [3.8, 4) is 0 Å². The number of imide groups is 1. The summed E-state index contributed by atoms with van der Waals surface area (Å²) < 4.78 is 0. The molecule has 3 amide bonds. The monoisotopic (exact) mass is 247 g/mol. The minimum Gasteiger partial charge on any atom is -0.332 e. The van der Waals surface area contributed by atoms with E-state index in [1.807, 2.05) is 26.0 Å². The second kappa shape index (κ2) is 4.42. The van der Waals surface area contributed by atoms with Crippen LogP contribution in [0.15, 0.2) is 24.3 Å². The maximum Gasteiger partial charge on any atom is 0.329 e. The Bertz CT molecular complexity index is 460. The lowest BCUT2D eigenvalue weighted by atomic mass is 9.97. The molecule has 1 aliphatic heterocycles. The molecule has 18 heavy (non-hydrogen) atoms. The van der Waals surface area contributed by atoms with Gasteiger partial charge in [0.15, 0.2) is 0 Å². The molecule has 0 saturated carbocycles. The van der Waals surface area contributed by atoms with E-state index in [0.29, 0.717) is 12.2 Å². The molecule has 0 radical (unpaired) electrons. The van der Waals surface area contributed by atoms with E-state index in [2.05, 4.69) is 5.32 Å². The summed E-state index contributed by atoms with van der Waals surface area (Å²) in [5.74, 6) is -0.191. The molecule has 1 saturated heterocycles. The van der Waals surface area contributed by atoms with Crippen molar-refractivity contribution in [1.29, 1.82) is 0 Å². The highest BCUT2D eigenvalue weighted by Gasteiger charge is 2.37. The van der Waals surface area contributed by atoms with Gasteiger partial charge >= 0.3 is 6.03 Å². The summed E-state index contributed by atoms with van der Waals surface area (Å²) in [5, 5.41) is 2.80. The molecule has 1 fully saturated rings. The van der Waals surface area contributed by atoms with Crippen LogP contribution in [0.3, 0.4) is 0 Å². The van der Waals surface area contributed by atoms with Crippen LogP contribution < -0.4 is 16.0 Å². The van der Waals surface area contributed by atoms with Gasteiger partial charge in [-0.05, 0) is 31.5 Å². The Morgan fingerprint density at radius 2 is 1.89 bits per heavy atom. The number of carbonyl (C=O) groups excluding carboxylic acids is 2. The maximum atomic E-state index is 12.0. The summed E-state index contributed by atoms with van der Waals surface area (Å²) in [6, 6.07) is 6.72. The van der Waals surface area contributed by atoms with Gasteiger partial charge in [-0.3, -0.25) is 4.79 Å². The Morgan fingerprint density at radius 3 is 2.39 bits per heavy atom. The number of hydrogen-bond donors (Lipinski definition) is 2. The van der Waals surface area contributed by atoms with Crippen molar-refractivity contribution < 1.29 is 9.59 Å². The summed E-state index contributed by atoms with van der Waals surface area (Å²) in [7, 11) is 0. The van der Waals surface area contributed by atoms with E-state index in [1.165, 1.54) is 4.90 Å². The van der Waals surface area contributed by atoms with Crippen LogP contribution in [0.25, 0.3) is 0 Å². The molecule has 3 N–H and O–H groups in total. The average molecular weight is 247 g/mol. The number of hydrogen-bond acceptors (Lipinski definition) is 3. The maximum absolute atomic E-state index is 12.0. The summed E-state index contributed by atoms with van der Waals surface area (Å²) in [5.41, 5.74) is 6.56. The van der Waals surface area contributed by atoms with Gasteiger partial charge in [0.25, 0.3) is 0 Å². The van der Waals surface area contributed by atoms with Crippen LogP contribution in [0.5, 0.6) is 0 Å². The molecular formula is C13H17N3O2. The zero-order valence-electron chi connectivity index (χ0n) is 10.6. The Hall–Kier alpha value is -1.88. The lowest BCUT2D eigenvalue weighted by molar-refractivity contribution is -0.119. The largest absolute Gasteiger partial charge is 0.332 e. The number of rotatable bonds is 2. The highest BCUT2D eigenvalue weighted by Crippen LogP contribution is 2.23. The van der Waals surface area contributed by atoms with Crippen molar-refractivity contribution >= 4 is 17.6 Å². The number of nitrogens with one attached hydrogen (secondary N) is 1. The molecule has 2 rings (SSSR count). The number of urea groups is 1. The predicted octanol–water partition coefficient (Wildman–Crippen LogP) is 1.37. The molecule has 1 aromatic rings. The van der Waals surface area contributed by atoms with Crippen LogP contribution in [0, 0.1) is 0 Å². The van der Waals surface area contributed by atoms with Gasteiger partial charge in [0.2, 0.25) is 5.91 Å². The quantitative estimate of drug-likeness (QED) is 0.828. The number of nitrogens with two attached hydrogens (primary N) is 1. The minimum absolute atomic E-state index is 0.191. The molecule has 0 atom stereocenters. The standard InChI is InChI=1S/C13H17N3O2/c1-13(2)7-11(17)16(12(18)15-13)10-5-3-9(8-14)4-6-10/h3-6H,7-8,14H2,1-2H3,(H,15,18). The summed E-state index contributed by atoms with van der Waals surface area (Å²) in [6.45, 7) is 4.10. The van der Waals surface area contributed by atoms with Gasteiger partial charge in [-0.2, -0.15) is 0 Å². The molecule has 1 aliphatic rings. The Labute approximate surface area is 106 Å². The molecule has 0 spiro atoms. The van der Waals surface area contributed by atoms with Crippen LogP contribution in [0.4, 0.5) is 10.5 Å². The number of carbonyl (C=O) groups is 2. The van der Waals surface area contributed by atoms with Crippen LogP contribution >= 0.6 is 0 Å². The lowest BCUT2D eigenvalue weighted by Crippen LogP contribution is -2.59. The Kier molecular flexibility index (Phi) is 3.09. The topological polar surface area (TPSA) is 75.4 Å². The van der Waals surface area contributed by atoms with E-state index in [-0.39, 0.29) is 18.4 Å². The highest BCUT2D eigenvalue weighted by atomic mass is 16.2. The molecule has 0 bridgehead atoms. The molecular weight excluding hydrogens is 230 g/mol. The van der Waals surface area contributed by atoms with E-state index in [0.717, 1.165) is 5.56 Å². The third kappa shape index (κ3) is 2.36. The first kappa shape index (κ1) is 12.6. The van der Waals surface area contributed by atoms with Gasteiger partial charge < -0.3 is 11.1 Å². The molecule has 0 unspecified atom stereocenters. The smallest absolute Gasteiger partial charge is 0.329 e. The van der Waals surface area contributed by atoms with Gasteiger partial charge in [0, 0.05) is 12.1 Å². The van der Waals surface area contributed by atoms with Gasteiger partial charge in [0.1, 0.15) is 0 Å². The van der Waals surface area contributed by atoms with E-state index < -0.39 is 5.54 Å². The van der Waals surface area contributed by atoms with Gasteiger partial charge in [-0.25, -0.2) is 9.69 Å². The fraction of sp³-hybridized carbons (Fsp3) is 0.385. The Morgan fingerprint density at radius 1 is 1.28 bits per heavy atom. The molecule has 0 aliphatic carbocycles. The summed E-state index contributed by atoms with van der Waals surface area (Å²) >= 11 is 0. The summed E-state index contributed by atoms with van der Waals surface area (Å²) in [6.07, 6.45) is 0.289. The third-order valence-electron chi connectivity index (χ3n) is 2.92. The number of benzene rings is 1. The first-order valence-corrected chi connectivity index (χ1v) is 5.87. The van der Waals surface area contributed by atoms with E-state index >= 15 is 0 Å². The fourth-order valence-electron chi connectivity index (χ4n) is 2.00. The number of anilines is 1. The second-order valence-electron chi connectivity index (χ2n) is 5.09. The molecule has 0 aromatic heterocycles. The highest BCUT2D eigenvalue weighted by molar-refractivity contribution is 6.16. The van der Waals surface area contributed by atoms with Gasteiger partial charge in [-0.15, -0.1) is 0 Å². The second-order valence-corrected chi connectivity index (χ2v) is 5.09. The van der Waals surface area contributed by atoms with Crippen LogP contribution in [0.2, 0.25) is 0 Å². The van der Waals surface area contributed by atoms with Gasteiger partial charge in [-0.1, -0.05) is 12.1 Å².